The average molecular weight is 241 g/mol. The first-order valence-electron chi connectivity index (χ1n) is 4.70. The third-order valence-corrected chi connectivity index (χ3v) is 2.77. The van der Waals surface area contributed by atoms with Gasteiger partial charge in [-0.25, -0.2) is 0 Å². The van der Waals surface area contributed by atoms with E-state index in [1.54, 1.807) is 0 Å². The van der Waals surface area contributed by atoms with Crippen LogP contribution in [0.2, 0.25) is 0 Å². The van der Waals surface area contributed by atoms with Crippen LogP contribution in [-0.2, 0) is 16.3 Å². The average Bonchev–Trinajstić information content (AvgIpc) is 1.94. The summed E-state index contributed by atoms with van der Waals surface area (Å²) in [5.41, 5.74) is 0. The first-order valence-corrected chi connectivity index (χ1v) is 7.32. The van der Waals surface area contributed by atoms with E-state index < -0.39 is 6.72 Å². The standard InChI is InChI=1S/C8H20NO3PS/c1-7(2)9(8(3)4)5-6-12-13(10,11)14/h7-8H,5-6H2,1-4H3,(H2,10,11,14). The Morgan fingerprint density at radius 1 is 1.21 bits per heavy atom. The normalized spacial score (nSPS) is 13.2. The molecule has 0 unspecified atom stereocenters. The van der Waals surface area contributed by atoms with Crippen molar-refractivity contribution in [2.24, 2.45) is 0 Å². The van der Waals surface area contributed by atoms with Crippen LogP contribution in [0.5, 0.6) is 0 Å². The van der Waals surface area contributed by atoms with Crippen LogP contribution in [0.3, 0.4) is 0 Å². The first kappa shape index (κ1) is 14.5. The summed E-state index contributed by atoms with van der Waals surface area (Å²) in [5.74, 6) is 0. The van der Waals surface area contributed by atoms with Crippen molar-refractivity contribution in [1.29, 1.82) is 0 Å². The molecule has 0 heterocycles. The molecule has 0 rings (SSSR count). The number of hydrogen-bond acceptors (Lipinski definition) is 3. The number of nitrogens with zero attached hydrogens (tertiary/aromatic N) is 1. The molecule has 0 fully saturated rings. The van der Waals surface area contributed by atoms with Crippen LogP contribution in [0.15, 0.2) is 0 Å². The quantitative estimate of drug-likeness (QED) is 0.687. The highest BCUT2D eigenvalue weighted by Crippen LogP contribution is 2.35. The zero-order valence-corrected chi connectivity index (χ0v) is 10.9. The number of rotatable bonds is 6. The molecule has 0 aromatic carbocycles. The van der Waals surface area contributed by atoms with Crippen LogP contribution >= 0.6 is 6.72 Å². The van der Waals surface area contributed by atoms with E-state index in [0.29, 0.717) is 18.6 Å². The highest BCUT2D eigenvalue weighted by Gasteiger charge is 2.14. The van der Waals surface area contributed by atoms with Crippen LogP contribution in [0.4, 0.5) is 0 Å². The molecule has 14 heavy (non-hydrogen) atoms. The van der Waals surface area contributed by atoms with Crippen LogP contribution in [0.25, 0.3) is 0 Å². The predicted octanol–water partition coefficient (Wildman–Crippen LogP) is 1.33. The van der Waals surface area contributed by atoms with Gasteiger partial charge in [-0.3, -0.25) is 4.90 Å². The smallest absolute Gasteiger partial charge is 0.321 e. The van der Waals surface area contributed by atoms with E-state index in [1.165, 1.54) is 0 Å². The molecular formula is C8H20NO3PS. The van der Waals surface area contributed by atoms with Crippen molar-refractivity contribution in [3.63, 3.8) is 0 Å². The molecule has 0 radical (unpaired) electrons. The molecule has 0 atom stereocenters. The molecule has 86 valence electrons. The lowest BCUT2D eigenvalue weighted by Crippen LogP contribution is -2.39. The van der Waals surface area contributed by atoms with Gasteiger partial charge in [0.1, 0.15) is 0 Å². The van der Waals surface area contributed by atoms with E-state index in [-0.39, 0.29) is 6.61 Å². The largest absolute Gasteiger partial charge is 0.325 e. The Hall–Kier alpha value is 0.490. The molecule has 0 aromatic heterocycles. The minimum absolute atomic E-state index is 0.265. The Morgan fingerprint density at radius 3 is 1.93 bits per heavy atom. The highest BCUT2D eigenvalue weighted by atomic mass is 32.5. The maximum atomic E-state index is 8.85. The van der Waals surface area contributed by atoms with Gasteiger partial charge >= 0.3 is 6.72 Å². The Morgan fingerprint density at radius 2 is 1.64 bits per heavy atom. The zero-order chi connectivity index (χ0) is 11.4. The fourth-order valence-electron chi connectivity index (χ4n) is 1.38. The summed E-state index contributed by atoms with van der Waals surface area (Å²) in [6.45, 7) is 5.82. The second-order valence-electron chi connectivity index (χ2n) is 3.75. The summed E-state index contributed by atoms with van der Waals surface area (Å²) < 4.78 is 4.76. The molecule has 0 aromatic rings. The van der Waals surface area contributed by atoms with Crippen molar-refractivity contribution < 1.29 is 14.3 Å². The second kappa shape index (κ2) is 6.16. The summed E-state index contributed by atoms with van der Waals surface area (Å²) in [6, 6.07) is 0.822. The van der Waals surface area contributed by atoms with Crippen molar-refractivity contribution in [3.05, 3.63) is 0 Å². The third kappa shape index (κ3) is 6.87. The summed E-state index contributed by atoms with van der Waals surface area (Å²) in [5, 5.41) is 0. The van der Waals surface area contributed by atoms with Crippen LogP contribution in [0, 0.1) is 0 Å². The molecule has 6 heteroatoms. The monoisotopic (exact) mass is 241 g/mol. The molecule has 0 aliphatic carbocycles. The lowest BCUT2D eigenvalue weighted by atomic mass is 10.2. The van der Waals surface area contributed by atoms with Gasteiger partial charge in [0.05, 0.1) is 6.61 Å². The molecule has 0 spiro atoms. The van der Waals surface area contributed by atoms with Gasteiger partial charge in [-0.15, -0.1) is 0 Å². The molecule has 0 saturated carbocycles. The Kier molecular flexibility index (Phi) is 6.37. The van der Waals surface area contributed by atoms with Gasteiger partial charge in [0, 0.05) is 18.6 Å². The van der Waals surface area contributed by atoms with E-state index in [4.69, 9.17) is 14.3 Å². The summed E-state index contributed by atoms with van der Waals surface area (Å²) in [4.78, 5) is 19.9. The molecule has 0 aliphatic heterocycles. The Labute approximate surface area is 91.1 Å². The number of hydrogen-bond donors (Lipinski definition) is 2. The minimum Gasteiger partial charge on any atom is -0.325 e. The summed E-state index contributed by atoms with van der Waals surface area (Å²) in [6.07, 6.45) is 0. The van der Waals surface area contributed by atoms with Crippen LogP contribution in [-0.4, -0.2) is 39.9 Å². The van der Waals surface area contributed by atoms with Crippen LogP contribution in [0.1, 0.15) is 27.7 Å². The summed E-state index contributed by atoms with van der Waals surface area (Å²) in [7, 11) is 0. The maximum absolute atomic E-state index is 8.85. The van der Waals surface area contributed by atoms with Gasteiger partial charge in [0.15, 0.2) is 0 Å². The fraction of sp³-hybridized carbons (Fsp3) is 1.00. The zero-order valence-electron chi connectivity index (χ0n) is 9.17. The highest BCUT2D eigenvalue weighted by molar-refractivity contribution is 8.06. The van der Waals surface area contributed by atoms with Crippen molar-refractivity contribution >= 4 is 18.5 Å². The van der Waals surface area contributed by atoms with Crippen molar-refractivity contribution in [1.82, 2.24) is 4.90 Å². The third-order valence-electron chi connectivity index (χ3n) is 1.94. The molecule has 0 saturated heterocycles. The SMILES string of the molecule is CC(C)N(CCOP(O)(O)=S)C(C)C. The van der Waals surface area contributed by atoms with E-state index >= 15 is 0 Å². The van der Waals surface area contributed by atoms with Gasteiger partial charge in [-0.1, -0.05) is 0 Å². The van der Waals surface area contributed by atoms with Crippen molar-refractivity contribution in [2.45, 2.75) is 39.8 Å². The van der Waals surface area contributed by atoms with Gasteiger partial charge in [0.2, 0.25) is 0 Å². The van der Waals surface area contributed by atoms with E-state index in [2.05, 4.69) is 44.4 Å². The molecule has 0 aliphatic rings. The van der Waals surface area contributed by atoms with Gasteiger partial charge in [0.25, 0.3) is 0 Å². The lowest BCUT2D eigenvalue weighted by Gasteiger charge is -2.30. The van der Waals surface area contributed by atoms with E-state index in [1.807, 2.05) is 0 Å². The molecule has 0 amide bonds. The lowest BCUT2D eigenvalue weighted by molar-refractivity contribution is 0.134. The molecular weight excluding hydrogens is 221 g/mol. The van der Waals surface area contributed by atoms with Crippen LogP contribution < -0.4 is 0 Å². The van der Waals surface area contributed by atoms with Gasteiger partial charge < -0.3 is 14.3 Å². The summed E-state index contributed by atoms with van der Waals surface area (Å²) >= 11 is 4.35. The second-order valence-corrected chi connectivity index (χ2v) is 6.42. The molecule has 2 N–H and O–H groups in total. The Bertz CT molecular complexity index is 197. The Balaban J connectivity index is 3.90. The van der Waals surface area contributed by atoms with Crippen molar-refractivity contribution in [2.75, 3.05) is 13.2 Å². The molecule has 4 nitrogen and oxygen atoms in total. The van der Waals surface area contributed by atoms with Gasteiger partial charge in [-0.05, 0) is 39.5 Å². The minimum atomic E-state index is -3.48. The fourth-order valence-corrected chi connectivity index (χ4v) is 1.92. The maximum Gasteiger partial charge on any atom is 0.321 e. The van der Waals surface area contributed by atoms with Gasteiger partial charge in [-0.2, -0.15) is 0 Å². The molecule has 0 bridgehead atoms. The predicted molar refractivity (Wildman–Crippen MR) is 61.7 cm³/mol. The first-order chi connectivity index (χ1) is 6.24. The van der Waals surface area contributed by atoms with E-state index in [9.17, 15) is 0 Å². The van der Waals surface area contributed by atoms with E-state index in [0.717, 1.165) is 0 Å². The topological polar surface area (TPSA) is 52.9 Å². The van der Waals surface area contributed by atoms with Crippen molar-refractivity contribution in [3.8, 4) is 0 Å².